The van der Waals surface area contributed by atoms with E-state index in [9.17, 15) is 24.1 Å². The van der Waals surface area contributed by atoms with Gasteiger partial charge < -0.3 is 10.6 Å². The molecule has 0 radical (unpaired) electrons. The minimum atomic E-state index is -1.07. The van der Waals surface area contributed by atoms with Gasteiger partial charge in [0.25, 0.3) is 5.91 Å². The number of benzene rings is 1. The van der Waals surface area contributed by atoms with Crippen LogP contribution in [0.2, 0.25) is 0 Å². The number of carbonyl (C=O) groups excluding carboxylic acids is 2. The summed E-state index contributed by atoms with van der Waals surface area (Å²) in [6.45, 7) is 1.76. The lowest BCUT2D eigenvalue weighted by molar-refractivity contribution is -0.387. The average Bonchev–Trinajstić information content (AvgIpc) is 2.33. The summed E-state index contributed by atoms with van der Waals surface area (Å²) in [6, 6.07) is 2.89. The van der Waals surface area contributed by atoms with Crippen LogP contribution in [0.1, 0.15) is 17.3 Å². The fourth-order valence-electron chi connectivity index (χ4n) is 1.31. The lowest BCUT2D eigenvalue weighted by atomic mass is 10.2. The molecule has 0 saturated carbocycles. The second-order valence-corrected chi connectivity index (χ2v) is 3.66. The SMILES string of the molecule is CC(=O)NCCNC(=O)c1ccc([N+](=O)[O-])c(F)c1. The average molecular weight is 269 g/mol. The van der Waals surface area contributed by atoms with Crippen LogP contribution in [0, 0.1) is 15.9 Å². The van der Waals surface area contributed by atoms with Crippen LogP contribution in [0.25, 0.3) is 0 Å². The molecule has 0 fully saturated rings. The molecule has 0 aliphatic carbocycles. The zero-order valence-electron chi connectivity index (χ0n) is 10.1. The van der Waals surface area contributed by atoms with Crippen molar-refractivity contribution in [3.05, 3.63) is 39.7 Å². The molecule has 1 aromatic carbocycles. The van der Waals surface area contributed by atoms with E-state index in [1.54, 1.807) is 0 Å². The Morgan fingerprint density at radius 2 is 1.95 bits per heavy atom. The molecule has 0 saturated heterocycles. The Labute approximate surface area is 107 Å². The highest BCUT2D eigenvalue weighted by atomic mass is 19.1. The number of carbonyl (C=O) groups is 2. The Morgan fingerprint density at radius 3 is 2.47 bits per heavy atom. The summed E-state index contributed by atoms with van der Waals surface area (Å²) >= 11 is 0. The van der Waals surface area contributed by atoms with Crippen LogP contribution < -0.4 is 10.6 Å². The Balaban J connectivity index is 2.60. The minimum absolute atomic E-state index is 0.0223. The molecule has 0 aliphatic heterocycles. The first-order valence-electron chi connectivity index (χ1n) is 5.38. The summed E-state index contributed by atoms with van der Waals surface area (Å²) in [6.07, 6.45) is 0. The maximum absolute atomic E-state index is 13.3. The minimum Gasteiger partial charge on any atom is -0.355 e. The number of nitro benzene ring substituents is 1. The van der Waals surface area contributed by atoms with Crippen molar-refractivity contribution in [2.45, 2.75) is 6.92 Å². The van der Waals surface area contributed by atoms with Crippen molar-refractivity contribution in [3.63, 3.8) is 0 Å². The van der Waals surface area contributed by atoms with Gasteiger partial charge in [0, 0.05) is 31.6 Å². The first-order valence-corrected chi connectivity index (χ1v) is 5.38. The van der Waals surface area contributed by atoms with Crippen molar-refractivity contribution in [1.82, 2.24) is 10.6 Å². The van der Waals surface area contributed by atoms with E-state index in [1.807, 2.05) is 0 Å². The second kappa shape index (κ2) is 6.43. The molecule has 0 atom stereocenters. The molecule has 102 valence electrons. The molecular formula is C11H12FN3O4. The van der Waals surface area contributed by atoms with Crippen LogP contribution in [0.15, 0.2) is 18.2 Å². The number of nitrogens with zero attached hydrogens (tertiary/aromatic N) is 1. The maximum atomic E-state index is 13.3. The van der Waals surface area contributed by atoms with Crippen LogP contribution in [-0.2, 0) is 4.79 Å². The molecule has 0 unspecified atom stereocenters. The Kier molecular flexibility index (Phi) is 4.92. The van der Waals surface area contributed by atoms with Gasteiger partial charge in [-0.3, -0.25) is 19.7 Å². The number of hydrogen-bond donors (Lipinski definition) is 2. The number of halogens is 1. The lowest BCUT2D eigenvalue weighted by Crippen LogP contribution is -2.33. The van der Waals surface area contributed by atoms with Crippen LogP contribution in [0.3, 0.4) is 0 Å². The standard InChI is InChI=1S/C11H12FN3O4/c1-7(16)13-4-5-14-11(17)8-2-3-10(15(18)19)9(12)6-8/h2-3,6H,4-5H2,1H3,(H,13,16)(H,14,17). The van der Waals surface area contributed by atoms with Crippen LogP contribution in [-0.4, -0.2) is 29.8 Å². The van der Waals surface area contributed by atoms with Gasteiger partial charge >= 0.3 is 5.69 Å². The lowest BCUT2D eigenvalue weighted by Gasteiger charge is -2.05. The molecule has 2 N–H and O–H groups in total. The van der Waals surface area contributed by atoms with Crippen LogP contribution in [0.5, 0.6) is 0 Å². The third-order valence-corrected chi connectivity index (χ3v) is 2.19. The van der Waals surface area contributed by atoms with E-state index in [0.717, 1.165) is 18.2 Å². The second-order valence-electron chi connectivity index (χ2n) is 3.66. The summed E-state index contributed by atoms with van der Waals surface area (Å²) < 4.78 is 13.3. The largest absolute Gasteiger partial charge is 0.355 e. The van der Waals surface area contributed by atoms with Crippen molar-refractivity contribution in [3.8, 4) is 0 Å². The molecule has 0 spiro atoms. The van der Waals surface area contributed by atoms with E-state index < -0.39 is 22.3 Å². The molecule has 7 nitrogen and oxygen atoms in total. The molecule has 1 rings (SSSR count). The van der Waals surface area contributed by atoms with Crippen LogP contribution >= 0.6 is 0 Å². The normalized spacial score (nSPS) is 9.79. The molecule has 0 aromatic heterocycles. The van der Waals surface area contributed by atoms with Gasteiger partial charge in [-0.25, -0.2) is 0 Å². The van der Waals surface area contributed by atoms with E-state index in [1.165, 1.54) is 6.92 Å². The highest BCUT2D eigenvalue weighted by molar-refractivity contribution is 5.94. The Morgan fingerprint density at radius 1 is 1.32 bits per heavy atom. The smallest absolute Gasteiger partial charge is 0.304 e. The molecular weight excluding hydrogens is 257 g/mol. The fourth-order valence-corrected chi connectivity index (χ4v) is 1.31. The molecule has 2 amide bonds. The van der Waals surface area contributed by atoms with Gasteiger partial charge in [0.1, 0.15) is 0 Å². The van der Waals surface area contributed by atoms with Gasteiger partial charge in [-0.15, -0.1) is 0 Å². The first kappa shape index (κ1) is 14.6. The summed E-state index contributed by atoms with van der Waals surface area (Å²) in [5, 5.41) is 15.3. The highest BCUT2D eigenvalue weighted by Gasteiger charge is 2.16. The van der Waals surface area contributed by atoms with E-state index in [4.69, 9.17) is 0 Å². The maximum Gasteiger partial charge on any atom is 0.304 e. The predicted molar refractivity (Wildman–Crippen MR) is 64.1 cm³/mol. The van der Waals surface area contributed by atoms with Gasteiger partial charge in [0.15, 0.2) is 0 Å². The molecule has 0 heterocycles. The predicted octanol–water partition coefficient (Wildman–Crippen LogP) is 0.600. The molecule has 1 aromatic rings. The highest BCUT2D eigenvalue weighted by Crippen LogP contribution is 2.17. The molecule has 0 aliphatic rings. The molecule has 8 heteroatoms. The monoisotopic (exact) mass is 269 g/mol. The Bertz CT molecular complexity index is 519. The number of nitrogens with one attached hydrogen (secondary N) is 2. The zero-order valence-corrected chi connectivity index (χ0v) is 10.1. The first-order chi connectivity index (χ1) is 8.91. The van der Waals surface area contributed by atoms with E-state index >= 15 is 0 Å². The van der Waals surface area contributed by atoms with Crippen molar-refractivity contribution in [1.29, 1.82) is 0 Å². The van der Waals surface area contributed by atoms with Gasteiger partial charge in [-0.05, 0) is 12.1 Å². The summed E-state index contributed by atoms with van der Waals surface area (Å²) in [5.74, 6) is -1.87. The quantitative estimate of drug-likeness (QED) is 0.464. The summed E-state index contributed by atoms with van der Waals surface area (Å²) in [7, 11) is 0. The van der Waals surface area contributed by atoms with Gasteiger partial charge in [-0.1, -0.05) is 0 Å². The third kappa shape index (κ3) is 4.34. The topological polar surface area (TPSA) is 101 Å². The van der Waals surface area contributed by atoms with Crippen molar-refractivity contribution in [2.75, 3.05) is 13.1 Å². The molecule has 19 heavy (non-hydrogen) atoms. The van der Waals surface area contributed by atoms with Crippen LogP contribution in [0.4, 0.5) is 10.1 Å². The molecule has 0 bridgehead atoms. The number of nitro groups is 1. The Hall–Kier alpha value is -2.51. The number of rotatable bonds is 5. The summed E-state index contributed by atoms with van der Waals surface area (Å²) in [4.78, 5) is 31.7. The number of amides is 2. The van der Waals surface area contributed by atoms with Crippen molar-refractivity contribution >= 4 is 17.5 Å². The van der Waals surface area contributed by atoms with Gasteiger partial charge in [0.05, 0.1) is 4.92 Å². The van der Waals surface area contributed by atoms with Crippen molar-refractivity contribution in [2.24, 2.45) is 0 Å². The van der Waals surface area contributed by atoms with E-state index in [2.05, 4.69) is 10.6 Å². The van der Waals surface area contributed by atoms with Gasteiger partial charge in [0.2, 0.25) is 11.7 Å². The van der Waals surface area contributed by atoms with E-state index in [0.29, 0.717) is 0 Å². The summed E-state index contributed by atoms with van der Waals surface area (Å²) in [5.41, 5.74) is -0.708. The fraction of sp³-hybridized carbons (Fsp3) is 0.273. The third-order valence-electron chi connectivity index (χ3n) is 2.19. The number of hydrogen-bond acceptors (Lipinski definition) is 4. The van der Waals surface area contributed by atoms with Crippen molar-refractivity contribution < 1.29 is 18.9 Å². The van der Waals surface area contributed by atoms with Gasteiger partial charge in [-0.2, -0.15) is 4.39 Å². The van der Waals surface area contributed by atoms with E-state index in [-0.39, 0.29) is 24.6 Å². The zero-order chi connectivity index (χ0) is 14.4.